The van der Waals surface area contributed by atoms with Crippen LogP contribution in [0.4, 0.5) is 5.69 Å². The Balaban J connectivity index is 2.15. The Bertz CT molecular complexity index is 938. The maximum absolute atomic E-state index is 13.2. The Labute approximate surface area is 142 Å². The van der Waals surface area contributed by atoms with Gasteiger partial charge < -0.3 is 0 Å². The molecule has 0 aromatic heterocycles. The Hall–Kier alpha value is -2.58. The van der Waals surface area contributed by atoms with E-state index in [-0.39, 0.29) is 17.4 Å². The first-order valence-corrected chi connectivity index (χ1v) is 9.17. The Morgan fingerprint density at radius 3 is 2.46 bits per heavy atom. The lowest BCUT2D eigenvalue weighted by Crippen LogP contribution is -2.34. The van der Waals surface area contributed by atoms with Gasteiger partial charge in [-0.3, -0.25) is 4.31 Å². The van der Waals surface area contributed by atoms with Crippen molar-refractivity contribution in [1.29, 1.82) is 5.26 Å². The maximum Gasteiger partial charge on any atom is 0.264 e. The van der Waals surface area contributed by atoms with Gasteiger partial charge in [0.25, 0.3) is 10.0 Å². The third kappa shape index (κ3) is 2.81. The van der Waals surface area contributed by atoms with E-state index in [1.807, 2.05) is 32.0 Å². The molecule has 24 heavy (non-hydrogen) atoms. The van der Waals surface area contributed by atoms with E-state index in [0.717, 1.165) is 11.1 Å². The van der Waals surface area contributed by atoms with Gasteiger partial charge in [0.05, 0.1) is 16.7 Å². The van der Waals surface area contributed by atoms with Gasteiger partial charge >= 0.3 is 0 Å². The van der Waals surface area contributed by atoms with Crippen LogP contribution >= 0.6 is 0 Å². The molecule has 5 heteroatoms. The fourth-order valence-electron chi connectivity index (χ4n) is 2.80. The highest BCUT2D eigenvalue weighted by molar-refractivity contribution is 7.92. The van der Waals surface area contributed by atoms with Gasteiger partial charge in [0, 0.05) is 18.0 Å². The van der Waals surface area contributed by atoms with Gasteiger partial charge in [0.2, 0.25) is 0 Å². The minimum absolute atomic E-state index is 0.178. The van der Waals surface area contributed by atoms with Gasteiger partial charge in [-0.15, -0.1) is 0 Å². The van der Waals surface area contributed by atoms with Crippen LogP contribution in [0.3, 0.4) is 0 Å². The van der Waals surface area contributed by atoms with Crippen molar-refractivity contribution in [1.82, 2.24) is 0 Å². The molecule has 0 amide bonds. The second-order valence-electron chi connectivity index (χ2n) is 6.02. The summed E-state index contributed by atoms with van der Waals surface area (Å²) in [6.07, 6.45) is 1.78. The van der Waals surface area contributed by atoms with Crippen molar-refractivity contribution in [2.45, 2.75) is 18.7 Å². The molecular weight excluding hydrogens is 320 g/mol. The fourth-order valence-corrected chi connectivity index (χ4v) is 4.38. The quantitative estimate of drug-likeness (QED) is 0.838. The standard InChI is InChI=1S/C19H18N2O2S/c1-14-7-9-18(10-8-14)24(22,23)21-13-15(2)17(12-20)11-16-5-3-4-6-19(16)21/h3-11,15H,13H2,1-2H3. The summed E-state index contributed by atoms with van der Waals surface area (Å²) < 4.78 is 27.8. The third-order valence-electron chi connectivity index (χ3n) is 4.23. The largest absolute Gasteiger partial charge is 0.265 e. The van der Waals surface area contributed by atoms with E-state index >= 15 is 0 Å². The number of rotatable bonds is 2. The smallest absolute Gasteiger partial charge is 0.264 e. The van der Waals surface area contributed by atoms with Gasteiger partial charge in [-0.1, -0.05) is 42.8 Å². The van der Waals surface area contributed by atoms with Crippen molar-refractivity contribution in [2.24, 2.45) is 5.92 Å². The second-order valence-corrected chi connectivity index (χ2v) is 7.88. The number of aryl methyl sites for hydroxylation is 1. The zero-order valence-corrected chi connectivity index (χ0v) is 14.4. The van der Waals surface area contributed by atoms with Crippen LogP contribution in [0.1, 0.15) is 18.1 Å². The van der Waals surface area contributed by atoms with Crippen molar-refractivity contribution in [3.05, 3.63) is 65.2 Å². The first kappa shape index (κ1) is 16.3. The molecule has 2 aromatic carbocycles. The van der Waals surface area contributed by atoms with Crippen molar-refractivity contribution in [2.75, 3.05) is 10.8 Å². The SMILES string of the molecule is Cc1ccc(S(=O)(=O)N2CC(C)C(C#N)=Cc3ccccc32)cc1. The Morgan fingerprint density at radius 1 is 1.12 bits per heavy atom. The van der Waals surface area contributed by atoms with Crippen molar-refractivity contribution >= 4 is 21.8 Å². The van der Waals surface area contributed by atoms with Crippen LogP contribution in [0.2, 0.25) is 0 Å². The molecular formula is C19H18N2O2S. The summed E-state index contributed by atoms with van der Waals surface area (Å²) in [6.45, 7) is 4.04. The zero-order chi connectivity index (χ0) is 17.3. The van der Waals surface area contributed by atoms with Crippen LogP contribution in [0.15, 0.2) is 59.0 Å². The highest BCUT2D eigenvalue weighted by atomic mass is 32.2. The van der Waals surface area contributed by atoms with Crippen LogP contribution in [0, 0.1) is 24.2 Å². The molecule has 1 aliphatic rings. The zero-order valence-electron chi connectivity index (χ0n) is 13.6. The summed E-state index contributed by atoms with van der Waals surface area (Å²) in [4.78, 5) is 0.260. The molecule has 1 heterocycles. The van der Waals surface area contributed by atoms with Crippen molar-refractivity contribution in [3.63, 3.8) is 0 Å². The number of nitrogens with zero attached hydrogens (tertiary/aromatic N) is 2. The molecule has 0 aliphatic carbocycles. The van der Waals surface area contributed by atoms with Crippen molar-refractivity contribution in [3.8, 4) is 6.07 Å². The summed E-state index contributed by atoms with van der Waals surface area (Å²) >= 11 is 0. The van der Waals surface area contributed by atoms with E-state index < -0.39 is 10.0 Å². The van der Waals surface area contributed by atoms with Crippen molar-refractivity contribution < 1.29 is 8.42 Å². The Morgan fingerprint density at radius 2 is 1.79 bits per heavy atom. The predicted octanol–water partition coefficient (Wildman–Crippen LogP) is 3.75. The van der Waals surface area contributed by atoms with E-state index in [2.05, 4.69) is 6.07 Å². The summed E-state index contributed by atoms with van der Waals surface area (Å²) in [5.74, 6) is -0.178. The molecule has 2 aromatic rings. The maximum atomic E-state index is 13.2. The van der Waals surface area contributed by atoms with E-state index in [0.29, 0.717) is 11.3 Å². The normalized spacial score (nSPS) is 17.5. The predicted molar refractivity (Wildman–Crippen MR) is 94.9 cm³/mol. The molecule has 0 spiro atoms. The molecule has 1 unspecified atom stereocenters. The van der Waals surface area contributed by atoms with E-state index in [1.165, 1.54) is 4.31 Å². The summed E-state index contributed by atoms with van der Waals surface area (Å²) in [5.41, 5.74) is 2.94. The number of fused-ring (bicyclic) bond motifs is 1. The summed E-state index contributed by atoms with van der Waals surface area (Å²) in [6, 6.07) is 16.3. The number of hydrogen-bond donors (Lipinski definition) is 0. The lowest BCUT2D eigenvalue weighted by molar-refractivity contribution is 0.584. The molecule has 122 valence electrons. The van der Waals surface area contributed by atoms with Crippen LogP contribution in [-0.4, -0.2) is 15.0 Å². The second kappa shape index (κ2) is 6.14. The lowest BCUT2D eigenvalue weighted by atomic mass is 10.0. The monoisotopic (exact) mass is 338 g/mol. The van der Waals surface area contributed by atoms with Crippen LogP contribution in [0.25, 0.3) is 6.08 Å². The molecule has 0 fully saturated rings. The van der Waals surface area contributed by atoms with Gasteiger partial charge in [-0.2, -0.15) is 5.26 Å². The molecule has 0 saturated heterocycles. The molecule has 3 rings (SSSR count). The summed E-state index contributed by atoms with van der Waals surface area (Å²) in [5, 5.41) is 9.36. The number of para-hydroxylation sites is 1. The van der Waals surface area contributed by atoms with Gasteiger partial charge in [-0.05, 0) is 36.8 Å². The van der Waals surface area contributed by atoms with E-state index in [1.54, 1.807) is 36.4 Å². The number of anilines is 1. The summed E-state index contributed by atoms with van der Waals surface area (Å²) in [7, 11) is -3.69. The Kier molecular flexibility index (Phi) is 4.16. The number of nitriles is 1. The van der Waals surface area contributed by atoms with Crippen LogP contribution < -0.4 is 4.31 Å². The average Bonchev–Trinajstić information content (AvgIpc) is 2.72. The fraction of sp³-hybridized carbons (Fsp3) is 0.211. The molecule has 1 atom stereocenters. The molecule has 4 nitrogen and oxygen atoms in total. The molecule has 0 saturated carbocycles. The first-order valence-electron chi connectivity index (χ1n) is 7.73. The average molecular weight is 338 g/mol. The molecule has 0 N–H and O–H groups in total. The third-order valence-corrected chi connectivity index (χ3v) is 6.02. The first-order chi connectivity index (χ1) is 11.4. The molecule has 0 radical (unpaired) electrons. The minimum atomic E-state index is -3.69. The number of sulfonamides is 1. The highest BCUT2D eigenvalue weighted by Gasteiger charge is 2.30. The lowest BCUT2D eigenvalue weighted by Gasteiger charge is -2.26. The van der Waals surface area contributed by atoms with Gasteiger partial charge in [-0.25, -0.2) is 8.42 Å². The van der Waals surface area contributed by atoms with Gasteiger partial charge in [0.1, 0.15) is 0 Å². The van der Waals surface area contributed by atoms with Crippen LogP contribution in [0.5, 0.6) is 0 Å². The van der Waals surface area contributed by atoms with Crippen LogP contribution in [-0.2, 0) is 10.0 Å². The number of hydrogen-bond acceptors (Lipinski definition) is 3. The van der Waals surface area contributed by atoms with E-state index in [9.17, 15) is 13.7 Å². The minimum Gasteiger partial charge on any atom is -0.265 e. The number of benzene rings is 2. The topological polar surface area (TPSA) is 61.2 Å². The molecule has 1 aliphatic heterocycles. The molecule has 0 bridgehead atoms. The van der Waals surface area contributed by atoms with E-state index in [4.69, 9.17) is 0 Å². The highest BCUT2D eigenvalue weighted by Crippen LogP contribution is 2.34. The van der Waals surface area contributed by atoms with Gasteiger partial charge in [0.15, 0.2) is 0 Å².